The van der Waals surface area contributed by atoms with Crippen LogP contribution in [0.15, 0.2) is 0 Å². The molecule has 13 heavy (non-hydrogen) atoms. The summed E-state index contributed by atoms with van der Waals surface area (Å²) >= 11 is 0. The standard InChI is InChI=1S/C11H19NO/c1-9(13)12-11-6-3-10(2,4-7-11)5-8-11/h3-8H2,1-2H3,(H,12,13). The minimum atomic E-state index is 0.144. The van der Waals surface area contributed by atoms with Crippen LogP contribution >= 0.6 is 0 Å². The number of hydrogen-bond donors (Lipinski definition) is 1. The lowest BCUT2D eigenvalue weighted by Crippen LogP contribution is -2.55. The van der Waals surface area contributed by atoms with E-state index in [0.717, 1.165) is 0 Å². The third-order valence-electron chi connectivity index (χ3n) is 4.06. The number of fused-ring (bicyclic) bond motifs is 3. The van der Waals surface area contributed by atoms with Crippen LogP contribution in [-0.2, 0) is 4.79 Å². The van der Waals surface area contributed by atoms with Crippen LogP contribution in [0.25, 0.3) is 0 Å². The van der Waals surface area contributed by atoms with Crippen molar-refractivity contribution in [2.45, 2.75) is 57.9 Å². The van der Waals surface area contributed by atoms with Crippen molar-refractivity contribution in [3.63, 3.8) is 0 Å². The van der Waals surface area contributed by atoms with E-state index in [1.807, 2.05) is 0 Å². The number of rotatable bonds is 1. The van der Waals surface area contributed by atoms with Crippen molar-refractivity contribution in [1.29, 1.82) is 0 Å². The summed E-state index contributed by atoms with van der Waals surface area (Å²) < 4.78 is 0. The van der Waals surface area contributed by atoms with Crippen molar-refractivity contribution >= 4 is 5.91 Å². The number of nitrogens with one attached hydrogen (secondary N) is 1. The highest BCUT2D eigenvalue weighted by atomic mass is 16.1. The minimum Gasteiger partial charge on any atom is -0.351 e. The Morgan fingerprint density at radius 3 is 1.92 bits per heavy atom. The van der Waals surface area contributed by atoms with E-state index in [4.69, 9.17) is 0 Å². The van der Waals surface area contributed by atoms with E-state index in [9.17, 15) is 4.79 Å². The van der Waals surface area contributed by atoms with Gasteiger partial charge >= 0.3 is 0 Å². The molecule has 0 aromatic heterocycles. The molecular weight excluding hydrogens is 162 g/mol. The number of carbonyl (C=O) groups excluding carboxylic acids is 1. The van der Waals surface area contributed by atoms with Crippen LogP contribution in [-0.4, -0.2) is 11.4 Å². The molecule has 0 atom stereocenters. The average molecular weight is 181 g/mol. The molecular formula is C11H19NO. The fourth-order valence-corrected chi connectivity index (χ4v) is 2.93. The summed E-state index contributed by atoms with van der Waals surface area (Å²) in [7, 11) is 0. The molecule has 0 unspecified atom stereocenters. The van der Waals surface area contributed by atoms with Crippen molar-refractivity contribution in [3.05, 3.63) is 0 Å². The Hall–Kier alpha value is -0.530. The average Bonchev–Trinajstić information content (AvgIpc) is 2.07. The Bertz CT molecular complexity index is 210. The van der Waals surface area contributed by atoms with E-state index < -0.39 is 0 Å². The summed E-state index contributed by atoms with van der Waals surface area (Å²) in [5, 5.41) is 3.16. The van der Waals surface area contributed by atoms with Crippen molar-refractivity contribution in [2.24, 2.45) is 5.41 Å². The van der Waals surface area contributed by atoms with Crippen LogP contribution in [0.1, 0.15) is 52.4 Å². The van der Waals surface area contributed by atoms with Gasteiger partial charge in [0, 0.05) is 12.5 Å². The molecule has 0 aliphatic heterocycles. The maximum Gasteiger partial charge on any atom is 0.217 e. The van der Waals surface area contributed by atoms with E-state index in [-0.39, 0.29) is 11.4 Å². The molecule has 1 N–H and O–H groups in total. The fourth-order valence-electron chi connectivity index (χ4n) is 2.93. The number of carbonyl (C=O) groups is 1. The highest BCUT2D eigenvalue weighted by Gasteiger charge is 2.46. The zero-order chi connectivity index (χ0) is 9.53. The first kappa shape index (κ1) is 9.04. The highest BCUT2D eigenvalue weighted by Crippen LogP contribution is 2.51. The molecule has 0 saturated heterocycles. The van der Waals surface area contributed by atoms with Gasteiger partial charge < -0.3 is 5.32 Å². The molecule has 3 rings (SSSR count). The predicted octanol–water partition coefficient (Wildman–Crippen LogP) is 2.24. The molecule has 0 aromatic carbocycles. The molecule has 3 fully saturated rings. The number of amides is 1. The Balaban J connectivity index is 2.07. The van der Waals surface area contributed by atoms with Gasteiger partial charge in [-0.2, -0.15) is 0 Å². The van der Waals surface area contributed by atoms with E-state index in [2.05, 4.69) is 12.2 Å². The van der Waals surface area contributed by atoms with Gasteiger partial charge in [0.15, 0.2) is 0 Å². The van der Waals surface area contributed by atoms with Crippen LogP contribution in [0, 0.1) is 5.41 Å². The quantitative estimate of drug-likeness (QED) is 0.660. The van der Waals surface area contributed by atoms with Gasteiger partial charge in [-0.3, -0.25) is 4.79 Å². The second-order valence-corrected chi connectivity index (χ2v) is 5.27. The van der Waals surface area contributed by atoms with Gasteiger partial charge in [0.05, 0.1) is 0 Å². The molecule has 3 aliphatic rings. The SMILES string of the molecule is CC(=O)NC12CCC(C)(CC1)CC2. The first-order valence-electron chi connectivity index (χ1n) is 5.33. The lowest BCUT2D eigenvalue weighted by Gasteiger charge is -2.52. The molecule has 0 aromatic rings. The number of hydrogen-bond acceptors (Lipinski definition) is 1. The summed E-state index contributed by atoms with van der Waals surface area (Å²) in [6.07, 6.45) is 7.49. The normalized spacial score (nSPS) is 43.2. The van der Waals surface area contributed by atoms with Crippen molar-refractivity contribution in [2.75, 3.05) is 0 Å². The second-order valence-electron chi connectivity index (χ2n) is 5.27. The molecule has 1 amide bonds. The topological polar surface area (TPSA) is 29.1 Å². The van der Waals surface area contributed by atoms with Crippen LogP contribution < -0.4 is 5.32 Å². The van der Waals surface area contributed by atoms with E-state index in [0.29, 0.717) is 5.41 Å². The maximum absolute atomic E-state index is 11.1. The Morgan fingerprint density at radius 1 is 1.08 bits per heavy atom. The molecule has 2 heteroatoms. The first-order valence-corrected chi connectivity index (χ1v) is 5.33. The van der Waals surface area contributed by atoms with Crippen LogP contribution in [0.4, 0.5) is 0 Å². The predicted molar refractivity (Wildman–Crippen MR) is 52.4 cm³/mol. The van der Waals surface area contributed by atoms with Gasteiger partial charge in [0.2, 0.25) is 5.91 Å². The molecule has 74 valence electrons. The van der Waals surface area contributed by atoms with Crippen molar-refractivity contribution in [1.82, 2.24) is 5.32 Å². The monoisotopic (exact) mass is 181 g/mol. The zero-order valence-corrected chi connectivity index (χ0v) is 8.65. The molecule has 2 bridgehead atoms. The maximum atomic E-state index is 11.1. The van der Waals surface area contributed by atoms with Gasteiger partial charge in [-0.1, -0.05) is 6.92 Å². The van der Waals surface area contributed by atoms with Crippen LogP contribution in [0.2, 0.25) is 0 Å². The third-order valence-corrected chi connectivity index (χ3v) is 4.06. The van der Waals surface area contributed by atoms with Gasteiger partial charge in [-0.15, -0.1) is 0 Å². The lowest BCUT2D eigenvalue weighted by atomic mass is 9.58. The summed E-state index contributed by atoms with van der Waals surface area (Å²) in [4.78, 5) is 11.1. The van der Waals surface area contributed by atoms with Crippen LogP contribution in [0.3, 0.4) is 0 Å². The van der Waals surface area contributed by atoms with Crippen molar-refractivity contribution in [3.8, 4) is 0 Å². The Morgan fingerprint density at radius 2 is 1.54 bits per heavy atom. The Labute approximate surface area is 80.1 Å². The van der Waals surface area contributed by atoms with Gasteiger partial charge in [-0.25, -0.2) is 0 Å². The van der Waals surface area contributed by atoms with Crippen LogP contribution in [0.5, 0.6) is 0 Å². The Kier molecular flexibility index (Phi) is 1.90. The smallest absolute Gasteiger partial charge is 0.217 e. The highest BCUT2D eigenvalue weighted by molar-refractivity contribution is 5.73. The molecule has 0 radical (unpaired) electrons. The van der Waals surface area contributed by atoms with E-state index >= 15 is 0 Å². The molecule has 3 aliphatic carbocycles. The minimum absolute atomic E-state index is 0.144. The molecule has 2 nitrogen and oxygen atoms in total. The van der Waals surface area contributed by atoms with Crippen molar-refractivity contribution < 1.29 is 4.79 Å². The van der Waals surface area contributed by atoms with E-state index in [1.165, 1.54) is 38.5 Å². The van der Waals surface area contributed by atoms with Gasteiger partial charge in [0.1, 0.15) is 0 Å². The fraction of sp³-hybridized carbons (Fsp3) is 0.909. The zero-order valence-electron chi connectivity index (χ0n) is 8.65. The first-order chi connectivity index (χ1) is 6.04. The largest absolute Gasteiger partial charge is 0.351 e. The van der Waals surface area contributed by atoms with Gasteiger partial charge in [0.25, 0.3) is 0 Å². The summed E-state index contributed by atoms with van der Waals surface area (Å²) in [6, 6.07) is 0. The summed E-state index contributed by atoms with van der Waals surface area (Å²) in [5.74, 6) is 0.144. The van der Waals surface area contributed by atoms with Gasteiger partial charge in [-0.05, 0) is 43.9 Å². The molecule has 0 heterocycles. The summed E-state index contributed by atoms with van der Waals surface area (Å²) in [6.45, 7) is 4.03. The molecule has 3 saturated carbocycles. The third kappa shape index (κ3) is 1.59. The molecule has 0 spiro atoms. The summed E-state index contributed by atoms with van der Waals surface area (Å²) in [5.41, 5.74) is 0.782. The van der Waals surface area contributed by atoms with E-state index in [1.54, 1.807) is 6.92 Å². The lowest BCUT2D eigenvalue weighted by molar-refractivity contribution is -0.123. The second kappa shape index (κ2) is 2.73.